The molecule has 0 aliphatic carbocycles. The van der Waals surface area contributed by atoms with E-state index in [4.69, 9.17) is 4.74 Å². The zero-order valence-electron chi connectivity index (χ0n) is 18.4. The summed E-state index contributed by atoms with van der Waals surface area (Å²) >= 11 is 3.50. The number of hydrogen-bond donors (Lipinski definition) is 0. The monoisotopic (exact) mass is 517 g/mol. The van der Waals surface area contributed by atoms with Crippen LogP contribution in [0.2, 0.25) is 0 Å². The number of aryl methyl sites for hydroxylation is 2. The SMILES string of the molecule is Cc1cc([C@H]2OC(=O)N(Cc3cc(C)ccc3-c3cccc(Br)c3)[C@H]2C)cc(C(F)(F)F)c1. The second-order valence-corrected chi connectivity index (χ2v) is 9.39. The van der Waals surface area contributed by atoms with E-state index in [1.807, 2.05) is 49.4 Å². The van der Waals surface area contributed by atoms with Crippen molar-refractivity contribution in [2.24, 2.45) is 0 Å². The average molecular weight is 518 g/mol. The second-order valence-electron chi connectivity index (χ2n) is 8.47. The molecular formula is C26H23BrF3NO2. The van der Waals surface area contributed by atoms with Crippen molar-refractivity contribution < 1.29 is 22.7 Å². The molecule has 1 amide bonds. The highest BCUT2D eigenvalue weighted by molar-refractivity contribution is 9.10. The van der Waals surface area contributed by atoms with Gasteiger partial charge in [-0.2, -0.15) is 13.2 Å². The van der Waals surface area contributed by atoms with Crippen LogP contribution in [0.1, 0.15) is 40.8 Å². The number of benzene rings is 3. The normalized spacial score (nSPS) is 18.5. The van der Waals surface area contributed by atoms with E-state index in [-0.39, 0.29) is 6.54 Å². The molecule has 3 aromatic carbocycles. The topological polar surface area (TPSA) is 29.5 Å². The van der Waals surface area contributed by atoms with Crippen molar-refractivity contribution in [1.29, 1.82) is 0 Å². The Balaban J connectivity index is 1.66. The van der Waals surface area contributed by atoms with Crippen molar-refractivity contribution in [3.8, 4) is 11.1 Å². The molecule has 0 N–H and O–H groups in total. The predicted octanol–water partition coefficient (Wildman–Crippen LogP) is 7.83. The fourth-order valence-corrected chi connectivity index (χ4v) is 4.67. The molecule has 1 heterocycles. The number of amides is 1. The molecule has 0 bridgehead atoms. The molecule has 0 aromatic heterocycles. The summed E-state index contributed by atoms with van der Waals surface area (Å²) in [5.74, 6) is 0. The Kier molecular flexibility index (Phi) is 6.27. The molecule has 1 aliphatic heterocycles. The van der Waals surface area contributed by atoms with Crippen molar-refractivity contribution in [2.75, 3.05) is 0 Å². The van der Waals surface area contributed by atoms with Crippen LogP contribution in [-0.2, 0) is 17.5 Å². The minimum Gasteiger partial charge on any atom is -0.439 e. The van der Waals surface area contributed by atoms with Crippen molar-refractivity contribution in [3.05, 3.63) is 93.0 Å². The van der Waals surface area contributed by atoms with Gasteiger partial charge in [0.25, 0.3) is 0 Å². The summed E-state index contributed by atoms with van der Waals surface area (Å²) in [5, 5.41) is 0. The number of cyclic esters (lactones) is 1. The van der Waals surface area contributed by atoms with Crippen LogP contribution in [0.4, 0.5) is 18.0 Å². The van der Waals surface area contributed by atoms with Gasteiger partial charge in [0.1, 0.15) is 6.10 Å². The average Bonchev–Trinajstić information content (AvgIpc) is 3.01. The number of halogens is 4. The van der Waals surface area contributed by atoms with Crippen molar-refractivity contribution >= 4 is 22.0 Å². The summed E-state index contributed by atoms with van der Waals surface area (Å²) in [6, 6.07) is 17.3. The molecule has 0 spiro atoms. The van der Waals surface area contributed by atoms with Gasteiger partial charge in [-0.15, -0.1) is 0 Å². The molecule has 3 aromatic rings. The number of carbonyl (C=O) groups is 1. The molecule has 0 radical (unpaired) electrons. The van der Waals surface area contributed by atoms with Crippen LogP contribution in [0.15, 0.2) is 65.1 Å². The van der Waals surface area contributed by atoms with Gasteiger partial charge < -0.3 is 4.74 Å². The fourth-order valence-electron chi connectivity index (χ4n) is 4.27. The van der Waals surface area contributed by atoms with Gasteiger partial charge in [-0.25, -0.2) is 4.79 Å². The summed E-state index contributed by atoms with van der Waals surface area (Å²) in [4.78, 5) is 14.4. The third-order valence-electron chi connectivity index (χ3n) is 5.88. The van der Waals surface area contributed by atoms with Crippen molar-refractivity contribution in [1.82, 2.24) is 4.90 Å². The minimum atomic E-state index is -4.47. The minimum absolute atomic E-state index is 0.290. The highest BCUT2D eigenvalue weighted by atomic mass is 79.9. The van der Waals surface area contributed by atoms with E-state index in [0.717, 1.165) is 38.9 Å². The Morgan fingerprint density at radius 1 is 1.00 bits per heavy atom. The van der Waals surface area contributed by atoms with Gasteiger partial charge >= 0.3 is 12.3 Å². The number of alkyl halides is 3. The third-order valence-corrected chi connectivity index (χ3v) is 6.38. The first-order valence-corrected chi connectivity index (χ1v) is 11.3. The van der Waals surface area contributed by atoms with Gasteiger partial charge in [-0.1, -0.05) is 63.5 Å². The molecule has 1 saturated heterocycles. The van der Waals surface area contributed by atoms with E-state index < -0.39 is 30.0 Å². The molecule has 3 nitrogen and oxygen atoms in total. The maximum absolute atomic E-state index is 13.3. The highest BCUT2D eigenvalue weighted by Crippen LogP contribution is 2.38. The Hall–Kier alpha value is -2.80. The first-order valence-electron chi connectivity index (χ1n) is 10.5. The van der Waals surface area contributed by atoms with Gasteiger partial charge in [-0.05, 0) is 67.3 Å². The van der Waals surface area contributed by atoms with Crippen molar-refractivity contribution in [3.63, 3.8) is 0 Å². The van der Waals surface area contributed by atoms with Crippen LogP contribution < -0.4 is 0 Å². The lowest BCUT2D eigenvalue weighted by molar-refractivity contribution is -0.137. The van der Waals surface area contributed by atoms with Crippen LogP contribution in [0, 0.1) is 13.8 Å². The maximum atomic E-state index is 13.3. The highest BCUT2D eigenvalue weighted by Gasteiger charge is 2.41. The quantitative estimate of drug-likeness (QED) is 0.352. The van der Waals surface area contributed by atoms with Crippen molar-refractivity contribution in [2.45, 2.75) is 45.6 Å². The Bertz CT molecular complexity index is 1210. The largest absolute Gasteiger partial charge is 0.439 e. The smallest absolute Gasteiger partial charge is 0.416 e. The predicted molar refractivity (Wildman–Crippen MR) is 125 cm³/mol. The lowest BCUT2D eigenvalue weighted by Crippen LogP contribution is -2.31. The van der Waals surface area contributed by atoms with Crippen LogP contribution >= 0.6 is 15.9 Å². The third kappa shape index (κ3) is 4.93. The number of rotatable bonds is 4. The molecule has 172 valence electrons. The van der Waals surface area contributed by atoms with Crippen LogP contribution in [0.3, 0.4) is 0 Å². The summed E-state index contributed by atoms with van der Waals surface area (Å²) < 4.78 is 46.5. The summed E-state index contributed by atoms with van der Waals surface area (Å²) in [5.41, 5.74) is 4.06. The Labute approximate surface area is 199 Å². The zero-order valence-corrected chi connectivity index (χ0v) is 20.0. The standard InChI is InChI=1S/C26H23BrF3NO2/c1-15-7-8-23(18-5-4-6-22(27)13-18)20(9-15)14-31-17(3)24(33-25(31)32)19-10-16(2)11-21(12-19)26(28,29)30/h4-13,17,24H,14H2,1-3H3/t17-,24-/m0/s1. The number of nitrogens with zero attached hydrogens (tertiary/aromatic N) is 1. The van der Waals surface area contributed by atoms with E-state index in [1.165, 1.54) is 0 Å². The molecule has 33 heavy (non-hydrogen) atoms. The lowest BCUT2D eigenvalue weighted by Gasteiger charge is -2.23. The first-order chi connectivity index (χ1) is 15.5. The van der Waals surface area contributed by atoms with Crippen LogP contribution in [-0.4, -0.2) is 17.0 Å². The van der Waals surface area contributed by atoms with E-state index in [1.54, 1.807) is 24.8 Å². The van der Waals surface area contributed by atoms with Gasteiger partial charge in [0.05, 0.1) is 18.2 Å². The van der Waals surface area contributed by atoms with Gasteiger partial charge in [0.2, 0.25) is 0 Å². The Morgan fingerprint density at radius 2 is 1.76 bits per heavy atom. The van der Waals surface area contributed by atoms with Crippen LogP contribution in [0.25, 0.3) is 11.1 Å². The summed E-state index contributed by atoms with van der Waals surface area (Å²) in [6.45, 7) is 5.68. The molecule has 2 atom stereocenters. The number of carbonyl (C=O) groups excluding carboxylic acids is 1. The fraction of sp³-hybridized carbons (Fsp3) is 0.269. The first kappa shape index (κ1) is 23.4. The molecule has 0 unspecified atom stereocenters. The van der Waals surface area contributed by atoms with E-state index in [2.05, 4.69) is 15.9 Å². The number of ether oxygens (including phenoxy) is 1. The molecule has 1 aliphatic rings. The molecule has 7 heteroatoms. The van der Waals surface area contributed by atoms with E-state index in [9.17, 15) is 18.0 Å². The molecule has 1 fully saturated rings. The zero-order chi connectivity index (χ0) is 23.9. The molecule has 4 rings (SSSR count). The van der Waals surface area contributed by atoms with E-state index in [0.29, 0.717) is 11.1 Å². The molecular weight excluding hydrogens is 495 g/mol. The second kappa shape index (κ2) is 8.86. The summed E-state index contributed by atoms with van der Waals surface area (Å²) in [7, 11) is 0. The van der Waals surface area contributed by atoms with Gasteiger partial charge in [0, 0.05) is 4.47 Å². The van der Waals surface area contributed by atoms with Gasteiger partial charge in [0.15, 0.2) is 0 Å². The Morgan fingerprint density at radius 3 is 2.45 bits per heavy atom. The van der Waals surface area contributed by atoms with E-state index >= 15 is 0 Å². The maximum Gasteiger partial charge on any atom is 0.416 e. The lowest BCUT2D eigenvalue weighted by atomic mass is 9.96. The number of hydrogen-bond acceptors (Lipinski definition) is 2. The van der Waals surface area contributed by atoms with Crippen LogP contribution in [0.5, 0.6) is 0 Å². The van der Waals surface area contributed by atoms with Gasteiger partial charge in [-0.3, -0.25) is 4.90 Å². The summed E-state index contributed by atoms with van der Waals surface area (Å²) in [6.07, 6.45) is -5.78. The molecule has 0 saturated carbocycles.